The van der Waals surface area contributed by atoms with Gasteiger partial charge in [0.1, 0.15) is 18.2 Å². The van der Waals surface area contributed by atoms with Gasteiger partial charge in [0, 0.05) is 37.0 Å². The Hall–Kier alpha value is -2.14. The third-order valence-corrected chi connectivity index (χ3v) is 3.63. The Kier molecular flexibility index (Phi) is 4.53. The third kappa shape index (κ3) is 3.36. The van der Waals surface area contributed by atoms with Gasteiger partial charge in [0.05, 0.1) is 6.26 Å². The summed E-state index contributed by atoms with van der Waals surface area (Å²) in [6, 6.07) is 5.95. The Bertz CT molecular complexity index is 650. The van der Waals surface area contributed by atoms with Crippen LogP contribution in [-0.4, -0.2) is 29.7 Å². The van der Waals surface area contributed by atoms with E-state index < -0.39 is 0 Å². The minimum Gasteiger partial charge on any atom is -0.465 e. The molecular formula is C17H21N3O2. The van der Waals surface area contributed by atoms with E-state index in [1.165, 1.54) is 5.57 Å². The Morgan fingerprint density at radius 1 is 1.36 bits per heavy atom. The molecule has 0 unspecified atom stereocenters. The normalized spacial score (nSPS) is 15.0. The Balaban J connectivity index is 1.79. The van der Waals surface area contributed by atoms with Crippen LogP contribution in [0.15, 0.2) is 35.0 Å². The lowest BCUT2D eigenvalue weighted by Crippen LogP contribution is -2.30. The van der Waals surface area contributed by atoms with Crippen LogP contribution in [0.25, 0.3) is 5.57 Å². The molecule has 0 amide bonds. The molecule has 0 bridgehead atoms. The Labute approximate surface area is 130 Å². The van der Waals surface area contributed by atoms with Gasteiger partial charge < -0.3 is 14.1 Å². The molecule has 0 fully saturated rings. The van der Waals surface area contributed by atoms with Crippen LogP contribution in [0.1, 0.15) is 30.6 Å². The van der Waals surface area contributed by atoms with Gasteiger partial charge in [0.2, 0.25) is 0 Å². The molecule has 116 valence electrons. The molecular weight excluding hydrogens is 278 g/mol. The van der Waals surface area contributed by atoms with E-state index >= 15 is 0 Å². The molecule has 0 saturated carbocycles. The number of hydrogen-bond donors (Lipinski definition) is 0. The van der Waals surface area contributed by atoms with Gasteiger partial charge in [-0.05, 0) is 32.4 Å². The van der Waals surface area contributed by atoms with Crippen LogP contribution in [0, 0.1) is 6.92 Å². The maximum Gasteiger partial charge on any atom is 0.156 e. The molecule has 5 heteroatoms. The molecule has 0 aliphatic carbocycles. The van der Waals surface area contributed by atoms with E-state index in [4.69, 9.17) is 9.15 Å². The van der Waals surface area contributed by atoms with Crippen molar-refractivity contribution < 1.29 is 9.15 Å². The average molecular weight is 299 g/mol. The van der Waals surface area contributed by atoms with Crippen LogP contribution in [-0.2, 0) is 11.3 Å². The highest BCUT2D eigenvalue weighted by Gasteiger charge is 2.18. The summed E-state index contributed by atoms with van der Waals surface area (Å²) >= 11 is 0. The molecule has 1 aliphatic rings. The summed E-state index contributed by atoms with van der Waals surface area (Å²) in [4.78, 5) is 11.3. The molecule has 2 aromatic heterocycles. The first kappa shape index (κ1) is 14.8. The van der Waals surface area contributed by atoms with Crippen molar-refractivity contribution in [1.82, 2.24) is 9.97 Å². The van der Waals surface area contributed by atoms with Crippen LogP contribution >= 0.6 is 0 Å². The molecule has 0 N–H and O–H groups in total. The molecule has 5 nitrogen and oxygen atoms in total. The lowest BCUT2D eigenvalue weighted by atomic mass is 10.1. The molecule has 3 rings (SSSR count). The molecule has 0 radical (unpaired) electrons. The SMILES string of the molecule is CCOCc1nc(C)cc(N2CCC=C(c3ccco3)C2)n1. The zero-order valence-corrected chi connectivity index (χ0v) is 13.1. The van der Waals surface area contributed by atoms with Gasteiger partial charge in [0.25, 0.3) is 0 Å². The Morgan fingerprint density at radius 2 is 2.27 bits per heavy atom. The second-order valence-corrected chi connectivity index (χ2v) is 5.34. The summed E-state index contributed by atoms with van der Waals surface area (Å²) in [5.74, 6) is 2.63. The number of aryl methyl sites for hydroxylation is 1. The van der Waals surface area contributed by atoms with Gasteiger partial charge in [-0.15, -0.1) is 0 Å². The average Bonchev–Trinajstić information content (AvgIpc) is 3.07. The number of furan rings is 1. The topological polar surface area (TPSA) is 51.4 Å². The first-order chi connectivity index (χ1) is 10.8. The number of hydrogen-bond acceptors (Lipinski definition) is 5. The monoisotopic (exact) mass is 299 g/mol. The lowest BCUT2D eigenvalue weighted by Gasteiger charge is -2.28. The summed E-state index contributed by atoms with van der Waals surface area (Å²) < 4.78 is 10.9. The molecule has 1 aliphatic heterocycles. The fourth-order valence-electron chi connectivity index (χ4n) is 2.61. The van der Waals surface area contributed by atoms with Crippen LogP contribution < -0.4 is 4.90 Å². The minimum absolute atomic E-state index is 0.458. The predicted molar refractivity (Wildman–Crippen MR) is 85.6 cm³/mol. The zero-order valence-electron chi connectivity index (χ0n) is 13.1. The molecule has 0 saturated heterocycles. The summed E-state index contributed by atoms with van der Waals surface area (Å²) in [6.45, 7) is 6.85. The van der Waals surface area contributed by atoms with E-state index in [2.05, 4.69) is 20.9 Å². The molecule has 3 heterocycles. The molecule has 22 heavy (non-hydrogen) atoms. The largest absolute Gasteiger partial charge is 0.465 e. The highest BCUT2D eigenvalue weighted by atomic mass is 16.5. The summed E-state index contributed by atoms with van der Waals surface area (Å²) in [5, 5.41) is 0. The highest BCUT2D eigenvalue weighted by Crippen LogP contribution is 2.24. The second-order valence-electron chi connectivity index (χ2n) is 5.34. The predicted octanol–water partition coefficient (Wildman–Crippen LogP) is 3.21. The van der Waals surface area contributed by atoms with Crippen LogP contribution in [0.4, 0.5) is 5.82 Å². The number of anilines is 1. The van der Waals surface area contributed by atoms with Crippen molar-refractivity contribution in [1.29, 1.82) is 0 Å². The zero-order chi connectivity index (χ0) is 15.4. The van der Waals surface area contributed by atoms with Crippen LogP contribution in [0.3, 0.4) is 0 Å². The van der Waals surface area contributed by atoms with Gasteiger partial charge in [-0.3, -0.25) is 0 Å². The molecule has 0 aromatic carbocycles. The van der Waals surface area contributed by atoms with Crippen molar-refractivity contribution in [3.05, 3.63) is 47.8 Å². The van der Waals surface area contributed by atoms with E-state index in [0.717, 1.165) is 42.6 Å². The van der Waals surface area contributed by atoms with Gasteiger partial charge in [-0.25, -0.2) is 9.97 Å². The van der Waals surface area contributed by atoms with E-state index in [1.54, 1.807) is 6.26 Å². The molecule has 2 aromatic rings. The van der Waals surface area contributed by atoms with Gasteiger partial charge in [0.15, 0.2) is 5.82 Å². The third-order valence-electron chi connectivity index (χ3n) is 3.63. The fraction of sp³-hybridized carbons (Fsp3) is 0.412. The van der Waals surface area contributed by atoms with Gasteiger partial charge in [-0.1, -0.05) is 6.08 Å². The number of rotatable bonds is 5. The number of nitrogens with zero attached hydrogens (tertiary/aromatic N) is 3. The first-order valence-electron chi connectivity index (χ1n) is 7.66. The van der Waals surface area contributed by atoms with Gasteiger partial charge >= 0.3 is 0 Å². The molecule has 0 atom stereocenters. The van der Waals surface area contributed by atoms with Crippen molar-refractivity contribution in [2.75, 3.05) is 24.6 Å². The standard InChI is InChI=1S/C17H21N3O2/c1-3-21-12-16-18-13(2)10-17(19-16)20-8-4-6-14(11-20)15-7-5-9-22-15/h5-7,9-10H,3-4,8,11-12H2,1-2H3. The quantitative estimate of drug-likeness (QED) is 0.848. The second kappa shape index (κ2) is 6.75. The van der Waals surface area contributed by atoms with Crippen molar-refractivity contribution in [2.45, 2.75) is 26.9 Å². The van der Waals surface area contributed by atoms with Crippen molar-refractivity contribution in [3.8, 4) is 0 Å². The molecule has 0 spiro atoms. The summed E-state index contributed by atoms with van der Waals surface area (Å²) in [6.07, 6.45) is 4.94. The van der Waals surface area contributed by atoms with Crippen molar-refractivity contribution in [2.24, 2.45) is 0 Å². The van der Waals surface area contributed by atoms with Gasteiger partial charge in [-0.2, -0.15) is 0 Å². The maximum absolute atomic E-state index is 5.51. The van der Waals surface area contributed by atoms with Crippen molar-refractivity contribution >= 4 is 11.4 Å². The van der Waals surface area contributed by atoms with E-state index in [9.17, 15) is 0 Å². The smallest absolute Gasteiger partial charge is 0.156 e. The number of aromatic nitrogens is 2. The van der Waals surface area contributed by atoms with E-state index in [-0.39, 0.29) is 0 Å². The van der Waals surface area contributed by atoms with Crippen LogP contribution in [0.2, 0.25) is 0 Å². The minimum atomic E-state index is 0.458. The fourth-order valence-corrected chi connectivity index (χ4v) is 2.61. The summed E-state index contributed by atoms with van der Waals surface area (Å²) in [7, 11) is 0. The lowest BCUT2D eigenvalue weighted by molar-refractivity contribution is 0.128. The van der Waals surface area contributed by atoms with Crippen LogP contribution in [0.5, 0.6) is 0 Å². The summed E-state index contributed by atoms with van der Waals surface area (Å²) in [5.41, 5.74) is 2.17. The van der Waals surface area contributed by atoms with Crippen molar-refractivity contribution in [3.63, 3.8) is 0 Å². The first-order valence-corrected chi connectivity index (χ1v) is 7.66. The maximum atomic E-state index is 5.51. The Morgan fingerprint density at radius 3 is 3.05 bits per heavy atom. The highest BCUT2D eigenvalue weighted by molar-refractivity contribution is 5.67. The number of ether oxygens (including phenoxy) is 1. The van der Waals surface area contributed by atoms with E-state index in [1.807, 2.05) is 32.0 Å². The van der Waals surface area contributed by atoms with E-state index in [0.29, 0.717) is 13.2 Å².